The molecular weight excluding hydrogens is 512 g/mol. The smallest absolute Gasteiger partial charge is 0.331 e. The highest BCUT2D eigenvalue weighted by atomic mass is 32.1. The molecule has 1 fully saturated rings. The fourth-order valence-electron chi connectivity index (χ4n) is 5.28. The molecule has 4 heterocycles. The molecule has 39 heavy (non-hydrogen) atoms. The van der Waals surface area contributed by atoms with Crippen LogP contribution in [0.1, 0.15) is 35.4 Å². The van der Waals surface area contributed by atoms with Gasteiger partial charge in [-0.15, -0.1) is 11.3 Å². The van der Waals surface area contributed by atoms with Crippen LogP contribution in [0.5, 0.6) is 0 Å². The van der Waals surface area contributed by atoms with E-state index >= 15 is 0 Å². The number of hydrogen-bond acceptors (Lipinski definition) is 6. The lowest BCUT2D eigenvalue weighted by atomic mass is 9.90. The molecule has 6 rings (SSSR count). The average Bonchev–Trinajstić information content (AvgIpc) is 3.34. The van der Waals surface area contributed by atoms with E-state index in [0.717, 1.165) is 36.9 Å². The lowest BCUT2D eigenvalue weighted by Gasteiger charge is -2.32. The first kappa shape index (κ1) is 24.7. The number of carbonyl (C=O) groups excluding carboxylic acids is 3. The SMILES string of the molecule is C=CC(=O)NC1CCCC[C@H]1NC(=O)c1sc2nccc3c2c1NC(=O)N3c1ccnc(-c2ccccc2)c1. The number of rotatable bonds is 6. The molecule has 1 aliphatic carbocycles. The van der Waals surface area contributed by atoms with Crippen LogP contribution in [-0.2, 0) is 4.79 Å². The van der Waals surface area contributed by atoms with Crippen LogP contribution >= 0.6 is 11.3 Å². The number of pyridine rings is 2. The zero-order chi connectivity index (χ0) is 26.9. The molecular formula is C29H26N6O3S. The van der Waals surface area contributed by atoms with Crippen LogP contribution in [0.3, 0.4) is 0 Å². The van der Waals surface area contributed by atoms with Crippen molar-refractivity contribution in [3.8, 4) is 11.3 Å². The summed E-state index contributed by atoms with van der Waals surface area (Å²) in [5.74, 6) is -0.557. The van der Waals surface area contributed by atoms with Gasteiger partial charge in [0, 0.05) is 30.0 Å². The molecule has 2 aliphatic rings. The number of nitrogens with zero attached hydrogens (tertiary/aromatic N) is 3. The fourth-order valence-corrected chi connectivity index (χ4v) is 6.30. The number of urea groups is 1. The van der Waals surface area contributed by atoms with E-state index in [2.05, 4.69) is 32.5 Å². The lowest BCUT2D eigenvalue weighted by molar-refractivity contribution is -0.117. The Morgan fingerprint density at radius 3 is 2.54 bits per heavy atom. The van der Waals surface area contributed by atoms with Crippen molar-refractivity contribution < 1.29 is 14.4 Å². The minimum absolute atomic E-state index is 0.178. The number of carbonyl (C=O) groups is 3. The van der Waals surface area contributed by atoms with E-state index in [1.807, 2.05) is 36.4 Å². The predicted molar refractivity (Wildman–Crippen MR) is 152 cm³/mol. The van der Waals surface area contributed by atoms with E-state index < -0.39 is 0 Å². The van der Waals surface area contributed by atoms with Gasteiger partial charge in [-0.1, -0.05) is 49.8 Å². The fraction of sp³-hybridized carbons (Fsp3) is 0.207. The van der Waals surface area contributed by atoms with Crippen LogP contribution in [0.4, 0.5) is 21.9 Å². The molecule has 1 unspecified atom stereocenters. The summed E-state index contributed by atoms with van der Waals surface area (Å²) in [6, 6.07) is 14.4. The Balaban J connectivity index is 1.34. The third-order valence-electron chi connectivity index (χ3n) is 7.12. The van der Waals surface area contributed by atoms with Gasteiger partial charge in [0.15, 0.2) is 0 Å². The molecule has 9 nitrogen and oxygen atoms in total. The van der Waals surface area contributed by atoms with E-state index in [4.69, 9.17) is 0 Å². The zero-order valence-corrected chi connectivity index (χ0v) is 21.8. The van der Waals surface area contributed by atoms with Crippen molar-refractivity contribution in [2.75, 3.05) is 10.2 Å². The second kappa shape index (κ2) is 10.3. The molecule has 0 spiro atoms. The number of nitrogens with one attached hydrogen (secondary N) is 3. The second-order valence-electron chi connectivity index (χ2n) is 9.53. The Labute approximate surface area is 229 Å². The quantitative estimate of drug-likeness (QED) is 0.285. The Morgan fingerprint density at radius 2 is 1.77 bits per heavy atom. The molecule has 2 atom stereocenters. The molecule has 10 heteroatoms. The van der Waals surface area contributed by atoms with Gasteiger partial charge in [-0.3, -0.25) is 19.5 Å². The number of anilines is 3. The first-order chi connectivity index (χ1) is 19.0. The van der Waals surface area contributed by atoms with Crippen molar-refractivity contribution in [1.29, 1.82) is 0 Å². The van der Waals surface area contributed by atoms with E-state index in [0.29, 0.717) is 32.2 Å². The van der Waals surface area contributed by atoms with E-state index in [-0.39, 0.29) is 29.9 Å². The largest absolute Gasteiger partial charge is 0.348 e. The number of aromatic nitrogens is 2. The maximum absolute atomic E-state index is 13.5. The topological polar surface area (TPSA) is 116 Å². The Morgan fingerprint density at radius 1 is 1.03 bits per heavy atom. The molecule has 3 aromatic heterocycles. The van der Waals surface area contributed by atoms with Crippen LogP contribution in [0, 0.1) is 0 Å². The van der Waals surface area contributed by atoms with Crippen molar-refractivity contribution in [3.05, 3.63) is 78.5 Å². The van der Waals surface area contributed by atoms with Gasteiger partial charge in [0.1, 0.15) is 9.71 Å². The third-order valence-corrected chi connectivity index (χ3v) is 8.22. The highest BCUT2D eigenvalue weighted by molar-refractivity contribution is 7.21. The second-order valence-corrected chi connectivity index (χ2v) is 10.5. The maximum Gasteiger partial charge on any atom is 0.331 e. The zero-order valence-electron chi connectivity index (χ0n) is 21.0. The van der Waals surface area contributed by atoms with Crippen molar-refractivity contribution in [2.45, 2.75) is 37.8 Å². The molecule has 1 aliphatic heterocycles. The van der Waals surface area contributed by atoms with Gasteiger partial charge in [-0.2, -0.15) is 0 Å². The Hall–Kier alpha value is -4.57. The predicted octanol–water partition coefficient (Wildman–Crippen LogP) is 5.39. The van der Waals surface area contributed by atoms with Crippen LogP contribution in [-0.4, -0.2) is 39.9 Å². The minimum atomic E-state index is -0.374. The van der Waals surface area contributed by atoms with E-state index in [1.165, 1.54) is 17.4 Å². The van der Waals surface area contributed by atoms with Crippen molar-refractivity contribution in [1.82, 2.24) is 20.6 Å². The number of benzene rings is 1. The number of thiophene rings is 1. The molecule has 0 saturated heterocycles. The maximum atomic E-state index is 13.5. The molecule has 1 saturated carbocycles. The van der Waals surface area contributed by atoms with Crippen LogP contribution < -0.4 is 20.9 Å². The summed E-state index contributed by atoms with van der Waals surface area (Å²) in [5.41, 5.74) is 3.44. The van der Waals surface area contributed by atoms with Gasteiger partial charge >= 0.3 is 6.03 Å². The summed E-state index contributed by atoms with van der Waals surface area (Å²) in [7, 11) is 0. The minimum Gasteiger partial charge on any atom is -0.348 e. The third kappa shape index (κ3) is 4.63. The number of hydrogen-bond donors (Lipinski definition) is 3. The van der Waals surface area contributed by atoms with Gasteiger partial charge in [0.2, 0.25) is 5.91 Å². The lowest BCUT2D eigenvalue weighted by Crippen LogP contribution is -2.52. The first-order valence-electron chi connectivity index (χ1n) is 12.8. The van der Waals surface area contributed by atoms with E-state index in [9.17, 15) is 14.4 Å². The molecule has 3 N–H and O–H groups in total. The summed E-state index contributed by atoms with van der Waals surface area (Å²) in [6.45, 7) is 3.52. The van der Waals surface area contributed by atoms with Gasteiger partial charge in [-0.05, 0) is 37.1 Å². The van der Waals surface area contributed by atoms with Gasteiger partial charge in [-0.25, -0.2) is 9.78 Å². The summed E-state index contributed by atoms with van der Waals surface area (Å²) >= 11 is 1.24. The summed E-state index contributed by atoms with van der Waals surface area (Å²) in [4.78, 5) is 50.6. The summed E-state index contributed by atoms with van der Waals surface area (Å²) in [6.07, 6.45) is 8.02. The van der Waals surface area contributed by atoms with Crippen molar-refractivity contribution in [3.63, 3.8) is 0 Å². The molecule has 4 aromatic rings. The highest BCUT2D eigenvalue weighted by Gasteiger charge is 2.34. The van der Waals surface area contributed by atoms with Crippen molar-refractivity contribution in [2.24, 2.45) is 0 Å². The Kier molecular flexibility index (Phi) is 6.54. The normalized spacial score (nSPS) is 18.4. The number of amides is 4. The van der Waals surface area contributed by atoms with Crippen molar-refractivity contribution >= 4 is 56.5 Å². The summed E-state index contributed by atoms with van der Waals surface area (Å²) in [5, 5.41) is 9.69. The first-order valence-corrected chi connectivity index (χ1v) is 13.6. The van der Waals surface area contributed by atoms with Crippen LogP contribution in [0.15, 0.2) is 73.6 Å². The van der Waals surface area contributed by atoms with Gasteiger partial charge in [0.25, 0.3) is 5.91 Å². The molecule has 196 valence electrons. The van der Waals surface area contributed by atoms with Crippen LogP contribution in [0.2, 0.25) is 0 Å². The average molecular weight is 539 g/mol. The highest BCUT2D eigenvalue weighted by Crippen LogP contribution is 2.46. The van der Waals surface area contributed by atoms with E-state index in [1.54, 1.807) is 29.4 Å². The van der Waals surface area contributed by atoms with Crippen LogP contribution in [0.25, 0.3) is 21.5 Å². The van der Waals surface area contributed by atoms with Gasteiger partial charge in [0.05, 0.1) is 28.1 Å². The molecule has 0 bridgehead atoms. The Bertz CT molecular complexity index is 1600. The standard InChI is InChI=1S/C29H26N6O3S/c1-2-23(36)32-19-10-6-7-11-20(19)33-27(37)26-25-24-22(13-15-31-28(24)39-26)35(29(38)34-25)18-12-14-30-21(16-18)17-8-4-3-5-9-17/h2-5,8-9,12-16,19-20H,1,6-7,10-11H2,(H,32,36)(H,33,37)(H,34,38)/t19?,20-/m1/s1. The van der Waals surface area contributed by atoms with Gasteiger partial charge < -0.3 is 16.0 Å². The molecule has 4 amide bonds. The summed E-state index contributed by atoms with van der Waals surface area (Å²) < 4.78 is 0. The molecule has 0 radical (unpaired) electrons. The molecule has 1 aromatic carbocycles. The monoisotopic (exact) mass is 538 g/mol.